The van der Waals surface area contributed by atoms with Crippen molar-refractivity contribution in [1.29, 1.82) is 0 Å². The Bertz CT molecular complexity index is 294. The van der Waals surface area contributed by atoms with Gasteiger partial charge >= 0.3 is 0 Å². The summed E-state index contributed by atoms with van der Waals surface area (Å²) in [6.45, 7) is 7.98. The van der Waals surface area contributed by atoms with E-state index in [1.807, 2.05) is 33.8 Å². The normalized spacial score (nSPS) is 13.4. The van der Waals surface area contributed by atoms with E-state index in [1.165, 1.54) is 0 Å². The molecule has 1 aromatic heterocycles. The maximum atomic E-state index is 9.81. The maximum Gasteiger partial charge on any atom is 0.0985 e. The molecule has 0 saturated carbocycles. The third-order valence-corrected chi connectivity index (χ3v) is 2.17. The van der Waals surface area contributed by atoms with E-state index >= 15 is 0 Å². The minimum absolute atomic E-state index is 0.217. The zero-order valence-corrected chi connectivity index (χ0v) is 8.70. The maximum absolute atomic E-state index is 9.81. The van der Waals surface area contributed by atoms with E-state index in [4.69, 9.17) is 0 Å². The van der Waals surface area contributed by atoms with Gasteiger partial charge in [-0.3, -0.25) is 4.98 Å². The van der Waals surface area contributed by atoms with Crippen molar-refractivity contribution in [1.82, 2.24) is 4.98 Å². The van der Waals surface area contributed by atoms with Gasteiger partial charge in [-0.15, -0.1) is 0 Å². The van der Waals surface area contributed by atoms with Gasteiger partial charge in [-0.05, 0) is 30.9 Å². The number of hydrogen-bond acceptors (Lipinski definition) is 2. The Kier molecular flexibility index (Phi) is 3.04. The molecule has 72 valence electrons. The Labute approximate surface area is 79.6 Å². The summed E-state index contributed by atoms with van der Waals surface area (Å²) in [5.74, 6) is 0.217. The standard InChI is InChI=1S/C11H17NO/c1-7(2)11(13)10-9(4)5-8(3)6-12-10/h5-7,11,13H,1-4H3. The van der Waals surface area contributed by atoms with Crippen LogP contribution in [0.5, 0.6) is 0 Å². The van der Waals surface area contributed by atoms with Crippen LogP contribution in [0.25, 0.3) is 0 Å². The van der Waals surface area contributed by atoms with Crippen molar-refractivity contribution >= 4 is 0 Å². The number of aliphatic hydroxyl groups excluding tert-OH is 1. The Morgan fingerprint density at radius 1 is 1.31 bits per heavy atom. The van der Waals surface area contributed by atoms with Crippen LogP contribution < -0.4 is 0 Å². The van der Waals surface area contributed by atoms with Crippen molar-refractivity contribution in [2.24, 2.45) is 5.92 Å². The topological polar surface area (TPSA) is 33.1 Å². The molecule has 1 atom stereocenters. The van der Waals surface area contributed by atoms with Crippen molar-refractivity contribution in [2.75, 3.05) is 0 Å². The molecule has 2 heteroatoms. The van der Waals surface area contributed by atoms with E-state index in [-0.39, 0.29) is 5.92 Å². The van der Waals surface area contributed by atoms with Crippen molar-refractivity contribution in [3.8, 4) is 0 Å². The fourth-order valence-corrected chi connectivity index (χ4v) is 1.35. The zero-order chi connectivity index (χ0) is 10.0. The molecule has 1 rings (SSSR count). The van der Waals surface area contributed by atoms with Crippen LogP contribution in [0.1, 0.15) is 36.8 Å². The Hall–Kier alpha value is -0.890. The second-order valence-corrected chi connectivity index (χ2v) is 3.90. The third kappa shape index (κ3) is 2.28. The third-order valence-electron chi connectivity index (χ3n) is 2.17. The van der Waals surface area contributed by atoms with E-state index < -0.39 is 6.10 Å². The lowest BCUT2D eigenvalue weighted by Crippen LogP contribution is -2.09. The minimum Gasteiger partial charge on any atom is -0.387 e. The summed E-state index contributed by atoms with van der Waals surface area (Å²) >= 11 is 0. The Morgan fingerprint density at radius 3 is 2.38 bits per heavy atom. The highest BCUT2D eigenvalue weighted by molar-refractivity contribution is 5.24. The van der Waals surface area contributed by atoms with Crippen LogP contribution in [-0.2, 0) is 0 Å². The molecule has 1 heterocycles. The van der Waals surface area contributed by atoms with Gasteiger partial charge in [-0.25, -0.2) is 0 Å². The van der Waals surface area contributed by atoms with Crippen molar-refractivity contribution in [2.45, 2.75) is 33.8 Å². The van der Waals surface area contributed by atoms with E-state index in [0.717, 1.165) is 16.8 Å². The van der Waals surface area contributed by atoms with Gasteiger partial charge in [0.2, 0.25) is 0 Å². The van der Waals surface area contributed by atoms with Gasteiger partial charge in [-0.1, -0.05) is 19.9 Å². The van der Waals surface area contributed by atoms with E-state index in [1.54, 1.807) is 6.20 Å². The quantitative estimate of drug-likeness (QED) is 0.756. The molecule has 0 spiro atoms. The first-order valence-corrected chi connectivity index (χ1v) is 4.63. The lowest BCUT2D eigenvalue weighted by Gasteiger charge is -2.16. The van der Waals surface area contributed by atoms with Crippen LogP contribution in [0.3, 0.4) is 0 Å². The van der Waals surface area contributed by atoms with Gasteiger partial charge in [0.25, 0.3) is 0 Å². The number of pyridine rings is 1. The van der Waals surface area contributed by atoms with Gasteiger partial charge < -0.3 is 5.11 Å². The number of rotatable bonds is 2. The molecule has 2 nitrogen and oxygen atoms in total. The highest BCUT2D eigenvalue weighted by atomic mass is 16.3. The molecule has 0 aliphatic rings. The lowest BCUT2D eigenvalue weighted by molar-refractivity contribution is 0.122. The smallest absolute Gasteiger partial charge is 0.0985 e. The average molecular weight is 179 g/mol. The minimum atomic E-state index is -0.444. The first kappa shape index (κ1) is 10.2. The number of nitrogens with zero attached hydrogens (tertiary/aromatic N) is 1. The Morgan fingerprint density at radius 2 is 1.92 bits per heavy atom. The number of aryl methyl sites for hydroxylation is 2. The summed E-state index contributed by atoms with van der Waals surface area (Å²) in [6, 6.07) is 2.05. The summed E-state index contributed by atoms with van der Waals surface area (Å²) in [6.07, 6.45) is 1.36. The van der Waals surface area contributed by atoms with Gasteiger partial charge in [0, 0.05) is 6.20 Å². The van der Waals surface area contributed by atoms with Crippen molar-refractivity contribution in [3.05, 3.63) is 29.1 Å². The number of aliphatic hydroxyl groups is 1. The molecule has 0 bridgehead atoms. The van der Waals surface area contributed by atoms with Crippen LogP contribution in [0, 0.1) is 19.8 Å². The molecule has 0 aliphatic carbocycles. The zero-order valence-electron chi connectivity index (χ0n) is 8.70. The lowest BCUT2D eigenvalue weighted by atomic mass is 10.00. The Balaban J connectivity index is 3.01. The van der Waals surface area contributed by atoms with Gasteiger partial charge in [0.1, 0.15) is 0 Å². The molecule has 1 N–H and O–H groups in total. The van der Waals surface area contributed by atoms with Gasteiger partial charge in [0.15, 0.2) is 0 Å². The molecular formula is C11H17NO. The fraction of sp³-hybridized carbons (Fsp3) is 0.545. The summed E-state index contributed by atoms with van der Waals surface area (Å²) in [5, 5.41) is 9.81. The molecule has 0 aromatic carbocycles. The summed E-state index contributed by atoms with van der Waals surface area (Å²) < 4.78 is 0. The number of hydrogen-bond donors (Lipinski definition) is 1. The van der Waals surface area contributed by atoms with E-state index in [0.29, 0.717) is 0 Å². The first-order chi connectivity index (χ1) is 6.02. The van der Waals surface area contributed by atoms with Gasteiger partial charge in [-0.2, -0.15) is 0 Å². The highest BCUT2D eigenvalue weighted by Crippen LogP contribution is 2.22. The molecule has 0 saturated heterocycles. The van der Waals surface area contributed by atoms with Crippen LogP contribution >= 0.6 is 0 Å². The molecule has 0 radical (unpaired) electrons. The summed E-state index contributed by atoms with van der Waals surface area (Å²) in [5.41, 5.74) is 3.01. The molecule has 1 unspecified atom stereocenters. The summed E-state index contributed by atoms with van der Waals surface area (Å²) in [4.78, 5) is 4.25. The molecule has 1 aromatic rings. The fourth-order valence-electron chi connectivity index (χ4n) is 1.35. The second kappa shape index (κ2) is 3.88. The predicted molar refractivity (Wildman–Crippen MR) is 53.5 cm³/mol. The molecule has 13 heavy (non-hydrogen) atoms. The predicted octanol–water partition coefficient (Wildman–Crippen LogP) is 2.39. The first-order valence-electron chi connectivity index (χ1n) is 4.63. The second-order valence-electron chi connectivity index (χ2n) is 3.90. The molecule has 0 aliphatic heterocycles. The van der Waals surface area contributed by atoms with E-state index in [2.05, 4.69) is 4.98 Å². The molecular weight excluding hydrogens is 162 g/mol. The van der Waals surface area contributed by atoms with Crippen LogP contribution in [-0.4, -0.2) is 10.1 Å². The SMILES string of the molecule is Cc1cnc(C(O)C(C)C)c(C)c1. The van der Waals surface area contributed by atoms with Crippen molar-refractivity contribution < 1.29 is 5.11 Å². The average Bonchev–Trinajstić information content (AvgIpc) is 2.03. The largest absolute Gasteiger partial charge is 0.387 e. The van der Waals surface area contributed by atoms with Gasteiger partial charge in [0.05, 0.1) is 11.8 Å². The van der Waals surface area contributed by atoms with E-state index in [9.17, 15) is 5.11 Å². The summed E-state index contributed by atoms with van der Waals surface area (Å²) in [7, 11) is 0. The van der Waals surface area contributed by atoms with Crippen LogP contribution in [0.2, 0.25) is 0 Å². The van der Waals surface area contributed by atoms with Crippen LogP contribution in [0.15, 0.2) is 12.3 Å². The van der Waals surface area contributed by atoms with Crippen LogP contribution in [0.4, 0.5) is 0 Å². The monoisotopic (exact) mass is 179 g/mol. The molecule has 0 amide bonds. The molecule has 0 fully saturated rings. The number of aromatic nitrogens is 1. The highest BCUT2D eigenvalue weighted by Gasteiger charge is 2.15. The van der Waals surface area contributed by atoms with Crippen molar-refractivity contribution in [3.63, 3.8) is 0 Å².